The number of hydrogen-bond donors (Lipinski definition) is 4. The first kappa shape index (κ1) is 34.6. The van der Waals surface area contributed by atoms with E-state index in [1.807, 2.05) is 0 Å². The molecule has 12 nitrogen and oxygen atoms in total. The standard InChI is InChI=1S/C32H28Cl2N4O8S2/c1-18-29(31(39)35-19-12-14-21(33)27(16-19)47(41,42)37-23-8-4-6-10-25(23)45-2)30(18)32(40)36-20-13-15-22(34)28(17-20)48(43,44)38-24-9-5-7-11-26(24)46-3/h4-17,29-30,37-38H,1H2,2-3H3,(H,35,39)(H,36,40)/t29-,30+. The molecule has 250 valence electrons. The monoisotopic (exact) mass is 730 g/mol. The minimum atomic E-state index is -4.21. The zero-order valence-corrected chi connectivity index (χ0v) is 28.4. The Balaban J connectivity index is 1.27. The lowest BCUT2D eigenvalue weighted by atomic mass is 10.2. The Morgan fingerprint density at radius 2 is 1.02 bits per heavy atom. The highest BCUT2D eigenvalue weighted by Crippen LogP contribution is 2.46. The molecule has 1 fully saturated rings. The first-order chi connectivity index (χ1) is 22.8. The molecule has 4 aromatic rings. The first-order valence-electron chi connectivity index (χ1n) is 14.0. The number of para-hydroxylation sites is 4. The van der Waals surface area contributed by atoms with Crippen LogP contribution in [0.4, 0.5) is 22.7 Å². The number of halogens is 2. The number of amides is 2. The topological polar surface area (TPSA) is 169 Å². The van der Waals surface area contributed by atoms with Crippen LogP contribution in [0, 0.1) is 11.8 Å². The van der Waals surface area contributed by atoms with Gasteiger partial charge in [-0.05, 0) is 60.7 Å². The molecular formula is C32H28Cl2N4O8S2. The molecule has 1 saturated carbocycles. The number of sulfonamides is 2. The molecule has 2 amide bonds. The van der Waals surface area contributed by atoms with Crippen molar-refractivity contribution in [3.05, 3.63) is 107 Å². The van der Waals surface area contributed by atoms with Crippen LogP contribution in [0.3, 0.4) is 0 Å². The van der Waals surface area contributed by atoms with Crippen LogP contribution in [0.25, 0.3) is 0 Å². The van der Waals surface area contributed by atoms with Crippen molar-refractivity contribution in [1.82, 2.24) is 0 Å². The van der Waals surface area contributed by atoms with Crippen LogP contribution in [-0.4, -0.2) is 42.9 Å². The van der Waals surface area contributed by atoms with Gasteiger partial charge in [-0.3, -0.25) is 19.0 Å². The Hall–Kier alpha value is -4.76. The van der Waals surface area contributed by atoms with E-state index in [1.54, 1.807) is 36.4 Å². The molecule has 0 aromatic heterocycles. The smallest absolute Gasteiger partial charge is 0.263 e. The third-order valence-electron chi connectivity index (χ3n) is 7.27. The Morgan fingerprint density at radius 1 is 0.646 bits per heavy atom. The van der Waals surface area contributed by atoms with Crippen molar-refractivity contribution in [3.63, 3.8) is 0 Å². The van der Waals surface area contributed by atoms with Gasteiger partial charge in [-0.15, -0.1) is 0 Å². The van der Waals surface area contributed by atoms with Crippen LogP contribution >= 0.6 is 23.2 Å². The third-order valence-corrected chi connectivity index (χ3v) is 11.0. The molecule has 0 heterocycles. The molecule has 0 saturated heterocycles. The van der Waals surface area contributed by atoms with Crippen molar-refractivity contribution < 1.29 is 35.9 Å². The fourth-order valence-corrected chi connectivity index (χ4v) is 8.02. The highest BCUT2D eigenvalue weighted by molar-refractivity contribution is 7.93. The summed E-state index contributed by atoms with van der Waals surface area (Å²) in [4.78, 5) is 25.7. The van der Waals surface area contributed by atoms with Crippen molar-refractivity contribution in [2.24, 2.45) is 11.8 Å². The summed E-state index contributed by atoms with van der Waals surface area (Å²) in [6, 6.07) is 20.6. The van der Waals surface area contributed by atoms with Crippen LogP contribution < -0.4 is 29.6 Å². The number of anilines is 4. The summed E-state index contributed by atoms with van der Waals surface area (Å²) < 4.78 is 68.0. The van der Waals surface area contributed by atoms with Gasteiger partial charge in [-0.2, -0.15) is 0 Å². The molecule has 0 bridgehead atoms. The number of nitrogens with one attached hydrogen (secondary N) is 4. The number of benzene rings is 4. The largest absolute Gasteiger partial charge is 0.495 e. The van der Waals surface area contributed by atoms with Gasteiger partial charge in [0.25, 0.3) is 20.0 Å². The van der Waals surface area contributed by atoms with Crippen LogP contribution in [0.1, 0.15) is 0 Å². The number of carbonyl (C=O) groups is 2. The molecule has 4 aromatic carbocycles. The molecular weight excluding hydrogens is 703 g/mol. The zero-order valence-electron chi connectivity index (χ0n) is 25.3. The van der Waals surface area contributed by atoms with E-state index >= 15 is 0 Å². The molecule has 4 N–H and O–H groups in total. The predicted octanol–water partition coefficient (Wildman–Crippen LogP) is 5.99. The zero-order chi connectivity index (χ0) is 34.8. The van der Waals surface area contributed by atoms with Crippen molar-refractivity contribution >= 4 is 77.8 Å². The Bertz CT molecular complexity index is 2010. The second-order valence-corrected chi connectivity index (χ2v) is 14.5. The molecule has 0 unspecified atom stereocenters. The summed E-state index contributed by atoms with van der Waals surface area (Å²) in [7, 11) is -5.62. The van der Waals surface area contributed by atoms with Gasteiger partial charge in [0.2, 0.25) is 11.8 Å². The summed E-state index contributed by atoms with van der Waals surface area (Å²) in [5.41, 5.74) is 0.903. The van der Waals surface area contributed by atoms with Crippen LogP contribution in [0.2, 0.25) is 10.0 Å². The summed E-state index contributed by atoms with van der Waals surface area (Å²) in [5.74, 6) is -2.50. The van der Waals surface area contributed by atoms with Gasteiger partial charge < -0.3 is 20.1 Å². The fourth-order valence-electron chi connectivity index (χ4n) is 4.83. The molecule has 0 spiro atoms. The van der Waals surface area contributed by atoms with E-state index in [0.717, 1.165) is 0 Å². The minimum Gasteiger partial charge on any atom is -0.495 e. The van der Waals surface area contributed by atoms with E-state index in [2.05, 4.69) is 26.7 Å². The van der Waals surface area contributed by atoms with Gasteiger partial charge >= 0.3 is 0 Å². The van der Waals surface area contributed by atoms with Crippen LogP contribution in [0.5, 0.6) is 11.5 Å². The molecule has 16 heteroatoms. The highest BCUT2D eigenvalue weighted by atomic mass is 35.5. The molecule has 0 radical (unpaired) electrons. The summed E-state index contributed by atoms with van der Waals surface area (Å²) in [5, 5.41) is 5.03. The van der Waals surface area contributed by atoms with Gasteiger partial charge in [0.05, 0.1) is 47.5 Å². The Labute approximate surface area is 287 Å². The lowest BCUT2D eigenvalue weighted by Gasteiger charge is -2.14. The minimum absolute atomic E-state index is 0.0917. The fraction of sp³-hybridized carbons (Fsp3) is 0.125. The Morgan fingerprint density at radius 3 is 1.40 bits per heavy atom. The predicted molar refractivity (Wildman–Crippen MR) is 184 cm³/mol. The number of hydrogen-bond acceptors (Lipinski definition) is 8. The van der Waals surface area contributed by atoms with Crippen LogP contribution in [-0.2, 0) is 29.6 Å². The molecule has 48 heavy (non-hydrogen) atoms. The molecule has 1 aliphatic rings. The van der Waals surface area contributed by atoms with Gasteiger partial charge in [-0.25, -0.2) is 16.8 Å². The third kappa shape index (κ3) is 7.36. The number of rotatable bonds is 12. The van der Waals surface area contributed by atoms with Crippen LogP contribution in [0.15, 0.2) is 107 Å². The maximum absolute atomic E-state index is 13.2. The van der Waals surface area contributed by atoms with Gasteiger partial charge in [0, 0.05) is 11.4 Å². The average Bonchev–Trinajstić information content (AvgIpc) is 3.73. The van der Waals surface area contributed by atoms with E-state index < -0.39 is 43.7 Å². The molecule has 5 rings (SSSR count). The summed E-state index contributed by atoms with van der Waals surface area (Å²) >= 11 is 12.4. The van der Waals surface area contributed by atoms with Crippen molar-refractivity contribution in [3.8, 4) is 11.5 Å². The second kappa shape index (κ2) is 13.8. The van der Waals surface area contributed by atoms with Crippen molar-refractivity contribution in [1.29, 1.82) is 0 Å². The van der Waals surface area contributed by atoms with E-state index in [-0.39, 0.29) is 42.6 Å². The van der Waals surface area contributed by atoms with E-state index in [1.165, 1.54) is 62.8 Å². The molecule has 0 aliphatic heterocycles. The van der Waals surface area contributed by atoms with Gasteiger partial charge in [0.1, 0.15) is 21.3 Å². The SMILES string of the molecule is C=C1[C@H](C(=O)Nc2ccc(Cl)c(S(=O)(=O)Nc3ccccc3OC)c2)[C@@H]1C(=O)Nc1ccc(Cl)c(S(=O)(=O)Nc2ccccc2OC)c1. The van der Waals surface area contributed by atoms with E-state index in [4.69, 9.17) is 32.7 Å². The summed E-state index contributed by atoms with van der Waals surface area (Å²) in [6.07, 6.45) is 0. The number of methoxy groups -OCH3 is 2. The highest BCUT2D eigenvalue weighted by Gasteiger charge is 2.52. The van der Waals surface area contributed by atoms with E-state index in [9.17, 15) is 26.4 Å². The second-order valence-electron chi connectivity index (χ2n) is 10.4. The van der Waals surface area contributed by atoms with Gasteiger partial charge in [-0.1, -0.05) is 59.6 Å². The van der Waals surface area contributed by atoms with E-state index in [0.29, 0.717) is 17.1 Å². The summed E-state index contributed by atoms with van der Waals surface area (Å²) in [6.45, 7) is 3.82. The number of carbonyl (C=O) groups excluding carboxylic acids is 2. The maximum atomic E-state index is 13.2. The van der Waals surface area contributed by atoms with Crippen molar-refractivity contribution in [2.45, 2.75) is 9.79 Å². The number of ether oxygens (including phenoxy) is 2. The molecule has 1 aliphatic carbocycles. The van der Waals surface area contributed by atoms with Gasteiger partial charge in [0.15, 0.2) is 0 Å². The Kier molecular flexibility index (Phi) is 9.91. The van der Waals surface area contributed by atoms with Crippen molar-refractivity contribution in [2.75, 3.05) is 34.3 Å². The lowest BCUT2D eigenvalue weighted by Crippen LogP contribution is -2.21. The molecule has 2 atom stereocenters. The average molecular weight is 732 g/mol. The first-order valence-corrected chi connectivity index (χ1v) is 17.7. The maximum Gasteiger partial charge on any atom is 0.263 e. The normalized spacial score (nSPS) is 15.6. The lowest BCUT2D eigenvalue weighted by molar-refractivity contribution is -0.122. The quantitative estimate of drug-likeness (QED) is 0.129.